The second-order valence-electron chi connectivity index (χ2n) is 4.56. The molecule has 0 saturated carbocycles. The van der Waals surface area contributed by atoms with Gasteiger partial charge in [-0.15, -0.1) is 5.10 Å². The fraction of sp³-hybridized carbons (Fsp3) is 0.286. The summed E-state index contributed by atoms with van der Waals surface area (Å²) in [6.45, 7) is 3.73. The van der Waals surface area contributed by atoms with E-state index >= 15 is 0 Å². The first-order valence-electron chi connectivity index (χ1n) is 6.61. The van der Waals surface area contributed by atoms with E-state index in [4.69, 9.17) is 22.1 Å². The van der Waals surface area contributed by atoms with E-state index in [9.17, 15) is 9.00 Å². The highest BCUT2D eigenvalue weighted by Gasteiger charge is 2.23. The number of carbonyl (C=O) groups excluding carboxylic acids is 1. The maximum Gasteiger partial charge on any atom is 0.336 e. The van der Waals surface area contributed by atoms with Crippen LogP contribution in [0.15, 0.2) is 40.0 Å². The minimum absolute atomic E-state index is 0.168. The second-order valence-corrected chi connectivity index (χ2v) is 6.28. The van der Waals surface area contributed by atoms with Gasteiger partial charge in [-0.05, 0) is 31.5 Å². The third-order valence-electron chi connectivity index (χ3n) is 2.98. The molecule has 1 atom stereocenters. The lowest BCUT2D eigenvalue weighted by atomic mass is 10.2. The number of carbonyl (C=O) groups is 1. The monoisotopic (exact) mass is 341 g/mol. The Morgan fingerprint density at radius 1 is 1.55 bits per heavy atom. The molecule has 0 fully saturated rings. The van der Waals surface area contributed by atoms with E-state index in [1.165, 1.54) is 6.20 Å². The summed E-state index contributed by atoms with van der Waals surface area (Å²) in [6, 6.07) is 5.11. The van der Waals surface area contributed by atoms with E-state index in [1.807, 2.05) is 0 Å². The normalized spacial score (nSPS) is 15.9. The summed E-state index contributed by atoms with van der Waals surface area (Å²) in [5.74, 6) is -0.302. The Morgan fingerprint density at radius 3 is 2.95 bits per heavy atom. The number of hydrazone groups is 1. The van der Waals surface area contributed by atoms with Crippen molar-refractivity contribution < 1.29 is 13.7 Å². The summed E-state index contributed by atoms with van der Waals surface area (Å²) in [5.41, 5.74) is 6.73. The molecule has 1 aromatic carbocycles. The fourth-order valence-electron chi connectivity index (χ4n) is 1.88. The van der Waals surface area contributed by atoms with Crippen LogP contribution >= 0.6 is 11.6 Å². The van der Waals surface area contributed by atoms with Gasteiger partial charge in [-0.2, -0.15) is 4.41 Å². The summed E-state index contributed by atoms with van der Waals surface area (Å²) in [6.07, 6.45) is 1.56. The number of halogens is 1. The maximum atomic E-state index is 12.7. The molecular weight excluding hydrogens is 326 g/mol. The van der Waals surface area contributed by atoms with E-state index in [0.717, 1.165) is 4.41 Å². The second kappa shape index (κ2) is 6.93. The number of hydrogen-bond donors (Lipinski definition) is 1. The van der Waals surface area contributed by atoms with Crippen molar-refractivity contribution in [2.24, 2.45) is 10.8 Å². The van der Waals surface area contributed by atoms with Crippen molar-refractivity contribution in [2.45, 2.75) is 25.2 Å². The van der Waals surface area contributed by atoms with Crippen LogP contribution in [-0.4, -0.2) is 27.0 Å². The van der Waals surface area contributed by atoms with Crippen molar-refractivity contribution >= 4 is 34.4 Å². The average Bonchev–Trinajstić information content (AvgIpc) is 2.49. The van der Waals surface area contributed by atoms with Crippen LogP contribution in [0.4, 0.5) is 0 Å². The molecule has 1 aliphatic heterocycles. The van der Waals surface area contributed by atoms with Gasteiger partial charge in [0.05, 0.1) is 23.3 Å². The first-order valence-corrected chi connectivity index (χ1v) is 8.09. The van der Waals surface area contributed by atoms with Gasteiger partial charge in [-0.25, -0.2) is 9.00 Å². The lowest BCUT2D eigenvalue weighted by molar-refractivity contribution is -0.138. The molecule has 0 radical (unpaired) electrons. The van der Waals surface area contributed by atoms with Gasteiger partial charge in [-0.3, -0.25) is 0 Å². The third-order valence-corrected chi connectivity index (χ3v) is 4.73. The van der Waals surface area contributed by atoms with E-state index in [0.29, 0.717) is 21.1 Å². The van der Waals surface area contributed by atoms with E-state index in [1.54, 1.807) is 32.0 Å². The molecule has 0 saturated heterocycles. The minimum Gasteiger partial charge on any atom is -0.463 e. The average molecular weight is 342 g/mol. The van der Waals surface area contributed by atoms with Crippen LogP contribution < -0.4 is 5.73 Å². The predicted molar refractivity (Wildman–Crippen MR) is 85.4 cm³/mol. The SMILES string of the molecule is CCOC(=O)C1=CN(S(=O)c2cccc(Cl)c2C)N=C(N)C1. The molecule has 2 N–H and O–H groups in total. The Bertz CT molecular complexity index is 688. The van der Waals surface area contributed by atoms with Crippen molar-refractivity contribution in [1.29, 1.82) is 0 Å². The Kier molecular flexibility index (Phi) is 5.20. The standard InChI is InChI=1S/C14H16ClN3O3S/c1-3-21-14(19)10-7-13(16)17-18(8-10)22(20)12-6-4-5-11(15)9(12)2/h4-6,8H,3,7H2,1-2H3,(H2,16,17). The number of nitrogens with two attached hydrogens (primary N) is 1. The number of benzene rings is 1. The van der Waals surface area contributed by atoms with Crippen LogP contribution in [0, 0.1) is 6.92 Å². The number of rotatable bonds is 4. The largest absolute Gasteiger partial charge is 0.463 e. The Labute approximate surface area is 136 Å². The smallest absolute Gasteiger partial charge is 0.336 e. The molecule has 1 heterocycles. The minimum atomic E-state index is -1.66. The highest BCUT2D eigenvalue weighted by Crippen LogP contribution is 2.25. The molecule has 6 nitrogen and oxygen atoms in total. The molecule has 118 valence electrons. The number of ether oxygens (including phenoxy) is 1. The van der Waals surface area contributed by atoms with Crippen molar-refractivity contribution in [3.63, 3.8) is 0 Å². The van der Waals surface area contributed by atoms with Crippen LogP contribution in [0.25, 0.3) is 0 Å². The van der Waals surface area contributed by atoms with Crippen LogP contribution in [0.2, 0.25) is 5.02 Å². The third kappa shape index (κ3) is 3.48. The molecule has 0 aliphatic carbocycles. The molecule has 0 amide bonds. The first-order chi connectivity index (χ1) is 10.4. The number of nitrogens with zero attached hydrogens (tertiary/aromatic N) is 2. The Hall–Kier alpha value is -1.86. The molecule has 0 spiro atoms. The van der Waals surface area contributed by atoms with Gasteiger partial charge in [0.25, 0.3) is 0 Å². The Morgan fingerprint density at radius 2 is 2.27 bits per heavy atom. The molecule has 0 aromatic heterocycles. The number of esters is 1. The first kappa shape index (κ1) is 16.5. The number of amidine groups is 1. The Balaban J connectivity index is 2.33. The summed E-state index contributed by atoms with van der Waals surface area (Å²) in [7, 11) is -1.66. The van der Waals surface area contributed by atoms with Gasteiger partial charge in [0.15, 0.2) is 11.0 Å². The zero-order valence-corrected chi connectivity index (χ0v) is 13.8. The quantitative estimate of drug-likeness (QED) is 0.850. The van der Waals surface area contributed by atoms with Crippen LogP contribution in [0.1, 0.15) is 18.9 Å². The van der Waals surface area contributed by atoms with Gasteiger partial charge in [0.1, 0.15) is 5.84 Å². The topological polar surface area (TPSA) is 85.0 Å². The van der Waals surface area contributed by atoms with Crippen molar-refractivity contribution in [1.82, 2.24) is 4.41 Å². The molecule has 1 aliphatic rings. The van der Waals surface area contributed by atoms with Gasteiger partial charge >= 0.3 is 5.97 Å². The number of hydrogen-bond acceptors (Lipinski definition) is 5. The van der Waals surface area contributed by atoms with Crippen LogP contribution in [0.3, 0.4) is 0 Å². The molecule has 8 heteroatoms. The predicted octanol–water partition coefficient (Wildman–Crippen LogP) is 2.10. The fourth-order valence-corrected chi connectivity index (χ4v) is 3.28. The van der Waals surface area contributed by atoms with Crippen LogP contribution in [0.5, 0.6) is 0 Å². The highest BCUT2D eigenvalue weighted by molar-refractivity contribution is 7.82. The van der Waals surface area contributed by atoms with Crippen molar-refractivity contribution in [3.05, 3.63) is 40.6 Å². The maximum absolute atomic E-state index is 12.7. The summed E-state index contributed by atoms with van der Waals surface area (Å²) < 4.78 is 18.8. The molecule has 1 unspecified atom stereocenters. The van der Waals surface area contributed by atoms with Gasteiger partial charge in [0.2, 0.25) is 0 Å². The lowest BCUT2D eigenvalue weighted by Gasteiger charge is -2.21. The summed E-state index contributed by atoms with van der Waals surface area (Å²) in [4.78, 5) is 12.3. The van der Waals surface area contributed by atoms with E-state index < -0.39 is 17.0 Å². The zero-order valence-electron chi connectivity index (χ0n) is 12.2. The zero-order chi connectivity index (χ0) is 16.3. The van der Waals surface area contributed by atoms with Crippen molar-refractivity contribution in [2.75, 3.05) is 6.61 Å². The van der Waals surface area contributed by atoms with Crippen LogP contribution in [-0.2, 0) is 20.5 Å². The van der Waals surface area contributed by atoms with Gasteiger partial charge < -0.3 is 10.5 Å². The molecule has 0 bridgehead atoms. The van der Waals surface area contributed by atoms with Gasteiger partial charge in [-0.1, -0.05) is 17.7 Å². The molecular formula is C14H16ClN3O3S. The van der Waals surface area contributed by atoms with E-state index in [-0.39, 0.29) is 18.9 Å². The summed E-state index contributed by atoms with van der Waals surface area (Å²) >= 11 is 6.04. The molecule has 2 rings (SSSR count). The van der Waals surface area contributed by atoms with Crippen molar-refractivity contribution in [3.8, 4) is 0 Å². The van der Waals surface area contributed by atoms with E-state index in [2.05, 4.69) is 5.10 Å². The molecule has 1 aromatic rings. The molecule has 22 heavy (non-hydrogen) atoms. The van der Waals surface area contributed by atoms with Gasteiger partial charge in [0, 0.05) is 11.4 Å². The summed E-state index contributed by atoms with van der Waals surface area (Å²) in [5, 5.41) is 4.53. The highest BCUT2D eigenvalue weighted by atomic mass is 35.5. The lowest BCUT2D eigenvalue weighted by Crippen LogP contribution is -2.29.